The van der Waals surface area contributed by atoms with Crippen LogP contribution in [0.15, 0.2) is 89.2 Å². The van der Waals surface area contributed by atoms with Gasteiger partial charge in [0.05, 0.1) is 6.33 Å². The summed E-state index contributed by atoms with van der Waals surface area (Å²) < 4.78 is 12.0. The van der Waals surface area contributed by atoms with E-state index >= 15 is 0 Å². The fraction of sp³-hybridized carbons (Fsp3) is 0. The Morgan fingerprint density at radius 1 is 0.842 bits per heavy atom. The van der Waals surface area contributed by atoms with Gasteiger partial charge >= 0.3 is 0 Å². The molecule has 4 heteroatoms. The van der Waals surface area contributed by atoms with E-state index in [0.717, 1.165) is 9.79 Å². The van der Waals surface area contributed by atoms with Crippen molar-refractivity contribution < 1.29 is 4.55 Å². The van der Waals surface area contributed by atoms with Gasteiger partial charge in [0.25, 0.3) is 0 Å². The van der Waals surface area contributed by atoms with Gasteiger partial charge in [-0.1, -0.05) is 36.4 Å². The van der Waals surface area contributed by atoms with Crippen LogP contribution in [-0.2, 0) is 11.2 Å². The molecule has 0 fully saturated rings. The maximum atomic E-state index is 12.0. The van der Waals surface area contributed by atoms with Gasteiger partial charge in [0, 0.05) is 23.6 Å². The number of aromatic nitrogens is 2. The van der Waals surface area contributed by atoms with Crippen molar-refractivity contribution in [2.24, 2.45) is 0 Å². The van der Waals surface area contributed by atoms with Crippen LogP contribution in [0.2, 0.25) is 0 Å². The average Bonchev–Trinajstić information content (AvgIpc) is 3.08. The molecule has 0 unspecified atom stereocenters. The van der Waals surface area contributed by atoms with E-state index in [1.54, 1.807) is 18.7 Å². The number of imidazole rings is 1. The molecule has 0 aliphatic rings. The number of aromatic amines is 1. The van der Waals surface area contributed by atoms with Crippen molar-refractivity contribution in [3.63, 3.8) is 0 Å². The molecule has 0 aliphatic heterocycles. The lowest BCUT2D eigenvalue weighted by Gasteiger charge is -2.08. The van der Waals surface area contributed by atoms with Gasteiger partial charge in [-0.25, -0.2) is 4.98 Å². The number of nitrogens with zero attached hydrogens (tertiary/aromatic N) is 1. The van der Waals surface area contributed by atoms with Gasteiger partial charge in [-0.2, -0.15) is 0 Å². The van der Waals surface area contributed by atoms with Crippen molar-refractivity contribution in [3.8, 4) is 0 Å². The van der Waals surface area contributed by atoms with Gasteiger partial charge in [0.2, 0.25) is 0 Å². The summed E-state index contributed by atoms with van der Waals surface area (Å²) in [5.41, 5.74) is 0. The zero-order chi connectivity index (χ0) is 13.3. The SMILES string of the molecule is [O-][S+](c1ccccc1)c1ccccc1.c1c[nH]cn1. The molecule has 0 saturated heterocycles. The lowest BCUT2D eigenvalue weighted by Crippen LogP contribution is -2.00. The predicted octanol–water partition coefficient (Wildman–Crippen LogP) is 3.26. The summed E-state index contributed by atoms with van der Waals surface area (Å²) in [5, 5.41) is 0. The minimum atomic E-state index is -1.05. The standard InChI is InChI=1S/C12H10OS.C3H4N2/c13-14(11-7-3-1-4-8-11)12-9-5-2-6-10-12;1-2-5-3-4-1/h1-10H;1-3H,(H,4,5). The van der Waals surface area contributed by atoms with Crippen LogP contribution < -0.4 is 0 Å². The second-order valence-electron chi connectivity index (χ2n) is 3.66. The molecule has 1 N–H and O–H groups in total. The Kier molecular flexibility index (Phi) is 5.22. The first-order valence-electron chi connectivity index (χ1n) is 5.82. The molecular formula is C15H14N2OS. The van der Waals surface area contributed by atoms with E-state index in [1.807, 2.05) is 60.7 Å². The molecule has 0 amide bonds. The van der Waals surface area contributed by atoms with E-state index in [1.165, 1.54) is 0 Å². The Hall–Kier alpha value is -2.04. The molecule has 1 heterocycles. The van der Waals surface area contributed by atoms with Crippen LogP contribution in [0.5, 0.6) is 0 Å². The van der Waals surface area contributed by atoms with Gasteiger partial charge in [-0.3, -0.25) is 0 Å². The predicted molar refractivity (Wildman–Crippen MR) is 76.1 cm³/mol. The van der Waals surface area contributed by atoms with Crippen molar-refractivity contribution in [1.29, 1.82) is 0 Å². The maximum Gasteiger partial charge on any atom is 0.158 e. The van der Waals surface area contributed by atoms with Crippen molar-refractivity contribution in [2.75, 3.05) is 0 Å². The number of rotatable bonds is 2. The van der Waals surface area contributed by atoms with E-state index in [9.17, 15) is 4.55 Å². The monoisotopic (exact) mass is 270 g/mol. The van der Waals surface area contributed by atoms with Crippen LogP contribution in [0.25, 0.3) is 0 Å². The summed E-state index contributed by atoms with van der Waals surface area (Å²) in [4.78, 5) is 8.11. The highest BCUT2D eigenvalue weighted by molar-refractivity contribution is 7.91. The molecule has 0 bridgehead atoms. The van der Waals surface area contributed by atoms with Gasteiger partial charge < -0.3 is 9.54 Å². The van der Waals surface area contributed by atoms with Crippen molar-refractivity contribution in [1.82, 2.24) is 9.97 Å². The highest BCUT2D eigenvalue weighted by Gasteiger charge is 2.12. The second-order valence-corrected chi connectivity index (χ2v) is 5.14. The normalized spacial score (nSPS) is 9.79. The van der Waals surface area contributed by atoms with Crippen molar-refractivity contribution >= 4 is 11.2 Å². The molecule has 0 spiro atoms. The topological polar surface area (TPSA) is 51.7 Å². The third-order valence-electron chi connectivity index (χ3n) is 2.32. The fourth-order valence-corrected chi connectivity index (χ4v) is 2.52. The quantitative estimate of drug-likeness (QED) is 0.727. The van der Waals surface area contributed by atoms with E-state index in [0.29, 0.717) is 0 Å². The molecule has 0 saturated carbocycles. The minimum Gasteiger partial charge on any atom is -0.606 e. The van der Waals surface area contributed by atoms with Gasteiger partial charge in [-0.15, -0.1) is 0 Å². The third-order valence-corrected chi connectivity index (χ3v) is 3.72. The van der Waals surface area contributed by atoms with Gasteiger partial charge in [-0.05, 0) is 24.3 Å². The van der Waals surface area contributed by atoms with Gasteiger partial charge in [0.1, 0.15) is 0 Å². The number of benzene rings is 2. The van der Waals surface area contributed by atoms with Crippen LogP contribution in [0.3, 0.4) is 0 Å². The Labute approximate surface area is 115 Å². The zero-order valence-corrected chi connectivity index (χ0v) is 11.1. The molecule has 3 rings (SSSR count). The smallest absolute Gasteiger partial charge is 0.158 e. The average molecular weight is 270 g/mol. The molecule has 0 radical (unpaired) electrons. The maximum absolute atomic E-state index is 12.0. The summed E-state index contributed by atoms with van der Waals surface area (Å²) in [6.07, 6.45) is 5.08. The molecular weight excluding hydrogens is 256 g/mol. The molecule has 0 aliphatic carbocycles. The third kappa shape index (κ3) is 4.28. The molecule has 3 nitrogen and oxygen atoms in total. The number of hydrogen-bond acceptors (Lipinski definition) is 2. The van der Waals surface area contributed by atoms with E-state index < -0.39 is 11.2 Å². The van der Waals surface area contributed by atoms with E-state index in [4.69, 9.17) is 0 Å². The van der Waals surface area contributed by atoms with Crippen LogP contribution in [0.1, 0.15) is 0 Å². The zero-order valence-electron chi connectivity index (χ0n) is 10.3. The van der Waals surface area contributed by atoms with Crippen molar-refractivity contribution in [2.45, 2.75) is 9.79 Å². The summed E-state index contributed by atoms with van der Waals surface area (Å²) >= 11 is -1.05. The number of H-pyrrole nitrogens is 1. The van der Waals surface area contributed by atoms with Crippen LogP contribution in [0, 0.1) is 0 Å². The summed E-state index contributed by atoms with van der Waals surface area (Å²) in [6, 6.07) is 19.0. The first kappa shape index (κ1) is 13.4. The molecule has 96 valence electrons. The molecule has 0 atom stereocenters. The fourth-order valence-electron chi connectivity index (χ4n) is 1.44. The lowest BCUT2D eigenvalue weighted by molar-refractivity contribution is 0.595. The Morgan fingerprint density at radius 3 is 1.68 bits per heavy atom. The number of hydrogen-bond donors (Lipinski definition) is 1. The van der Waals surface area contributed by atoms with Gasteiger partial charge in [0.15, 0.2) is 9.79 Å². The van der Waals surface area contributed by atoms with Crippen molar-refractivity contribution in [3.05, 3.63) is 79.4 Å². The minimum absolute atomic E-state index is 0.846. The first-order chi connectivity index (χ1) is 9.38. The van der Waals surface area contributed by atoms with Crippen LogP contribution >= 0.6 is 0 Å². The number of nitrogens with one attached hydrogen (secondary N) is 1. The largest absolute Gasteiger partial charge is 0.606 e. The summed E-state index contributed by atoms with van der Waals surface area (Å²) in [7, 11) is 0. The lowest BCUT2D eigenvalue weighted by atomic mass is 10.4. The molecule has 2 aromatic carbocycles. The second kappa shape index (κ2) is 7.41. The Balaban J connectivity index is 0.000000224. The highest BCUT2D eigenvalue weighted by Crippen LogP contribution is 2.19. The molecule has 1 aromatic heterocycles. The highest BCUT2D eigenvalue weighted by atomic mass is 32.2. The first-order valence-corrected chi connectivity index (χ1v) is 6.97. The van der Waals surface area contributed by atoms with E-state index in [2.05, 4.69) is 9.97 Å². The summed E-state index contributed by atoms with van der Waals surface area (Å²) in [6.45, 7) is 0. The Morgan fingerprint density at radius 2 is 1.37 bits per heavy atom. The van der Waals surface area contributed by atoms with E-state index in [-0.39, 0.29) is 0 Å². The molecule has 19 heavy (non-hydrogen) atoms. The summed E-state index contributed by atoms with van der Waals surface area (Å²) in [5.74, 6) is 0. The van der Waals surface area contributed by atoms with Crippen LogP contribution in [0.4, 0.5) is 0 Å². The molecule has 3 aromatic rings. The van der Waals surface area contributed by atoms with Crippen LogP contribution in [-0.4, -0.2) is 14.5 Å². The Bertz CT molecular complexity index is 499.